The zero-order chi connectivity index (χ0) is 12.3. The minimum Gasteiger partial charge on any atom is -0.377 e. The molecule has 0 fully saturated rings. The van der Waals surface area contributed by atoms with E-state index in [-0.39, 0.29) is 5.91 Å². The fraction of sp³-hybridized carbons (Fsp3) is 0.100. The van der Waals surface area contributed by atoms with Crippen molar-refractivity contribution in [3.8, 4) is 0 Å². The quantitative estimate of drug-likeness (QED) is 0.897. The van der Waals surface area contributed by atoms with Crippen LogP contribution in [0.3, 0.4) is 0 Å². The lowest BCUT2D eigenvalue weighted by atomic mass is 10.3. The first-order chi connectivity index (χ1) is 8.20. The van der Waals surface area contributed by atoms with Crippen LogP contribution in [0.2, 0.25) is 5.15 Å². The number of aromatic nitrogens is 2. The molecule has 2 aromatic rings. The molecule has 0 saturated heterocycles. The highest BCUT2D eigenvalue weighted by Crippen LogP contribution is 2.31. The monoisotopic (exact) mass is 268 g/mol. The number of nitrogens with one attached hydrogen (secondary N) is 2. The molecule has 1 amide bonds. The summed E-state index contributed by atoms with van der Waals surface area (Å²) in [6, 6.07) is 5.12. The maximum atomic E-state index is 11.8. The van der Waals surface area contributed by atoms with Crippen molar-refractivity contribution in [3.63, 3.8) is 0 Å². The zero-order valence-electron chi connectivity index (χ0n) is 8.90. The number of pyridine rings is 1. The van der Waals surface area contributed by atoms with Crippen molar-refractivity contribution in [3.05, 3.63) is 35.2 Å². The zero-order valence-corrected chi connectivity index (χ0v) is 10.5. The predicted octanol–water partition coefficient (Wildman–Crippen LogP) is 2.49. The van der Waals surface area contributed by atoms with Gasteiger partial charge < -0.3 is 5.32 Å². The molecule has 0 radical (unpaired) electrons. The van der Waals surface area contributed by atoms with Gasteiger partial charge in [-0.3, -0.25) is 15.1 Å². The molecule has 0 unspecified atom stereocenters. The molecule has 0 aliphatic rings. The SMILES string of the molecule is CNc1sc(NC(=O)c2ccccn2)nc1Cl. The highest BCUT2D eigenvalue weighted by molar-refractivity contribution is 7.20. The largest absolute Gasteiger partial charge is 0.377 e. The topological polar surface area (TPSA) is 66.9 Å². The van der Waals surface area contributed by atoms with Crippen LogP contribution < -0.4 is 10.6 Å². The number of hydrogen-bond donors (Lipinski definition) is 2. The highest BCUT2D eigenvalue weighted by Gasteiger charge is 2.12. The van der Waals surface area contributed by atoms with Crippen molar-refractivity contribution < 1.29 is 4.79 Å². The maximum absolute atomic E-state index is 11.8. The number of amides is 1. The van der Waals surface area contributed by atoms with Crippen LogP contribution in [0.1, 0.15) is 10.5 Å². The van der Waals surface area contributed by atoms with Crippen LogP contribution in [-0.2, 0) is 0 Å². The third-order valence-electron chi connectivity index (χ3n) is 1.93. The number of rotatable bonds is 3. The van der Waals surface area contributed by atoms with Gasteiger partial charge in [-0.05, 0) is 12.1 Å². The Balaban J connectivity index is 2.13. The summed E-state index contributed by atoms with van der Waals surface area (Å²) in [5, 5.41) is 7.01. The molecule has 0 aliphatic heterocycles. The van der Waals surface area contributed by atoms with E-state index in [1.807, 2.05) is 0 Å². The Morgan fingerprint density at radius 2 is 2.29 bits per heavy atom. The number of thiazole rings is 1. The smallest absolute Gasteiger partial charge is 0.276 e. The van der Waals surface area contributed by atoms with Gasteiger partial charge in [0, 0.05) is 13.2 Å². The van der Waals surface area contributed by atoms with E-state index in [9.17, 15) is 4.79 Å². The van der Waals surface area contributed by atoms with Gasteiger partial charge in [0.15, 0.2) is 10.3 Å². The first-order valence-electron chi connectivity index (χ1n) is 4.77. The van der Waals surface area contributed by atoms with Crippen LogP contribution >= 0.6 is 22.9 Å². The van der Waals surface area contributed by atoms with E-state index in [0.29, 0.717) is 21.0 Å². The summed E-state index contributed by atoms with van der Waals surface area (Å²) in [6.45, 7) is 0. The number of carbonyl (C=O) groups is 1. The van der Waals surface area contributed by atoms with Gasteiger partial charge in [-0.25, -0.2) is 4.98 Å². The minimum absolute atomic E-state index is 0.307. The Morgan fingerprint density at radius 3 is 2.88 bits per heavy atom. The Kier molecular flexibility index (Phi) is 3.55. The summed E-state index contributed by atoms with van der Waals surface area (Å²) in [5.74, 6) is -0.307. The molecule has 2 aromatic heterocycles. The van der Waals surface area contributed by atoms with E-state index < -0.39 is 0 Å². The van der Waals surface area contributed by atoms with Crippen LogP contribution in [-0.4, -0.2) is 22.9 Å². The molecule has 0 aliphatic carbocycles. The molecule has 0 atom stereocenters. The van der Waals surface area contributed by atoms with Gasteiger partial charge in [-0.1, -0.05) is 29.0 Å². The Labute approximate surface area is 107 Å². The number of halogens is 1. The Bertz CT molecular complexity index is 528. The van der Waals surface area contributed by atoms with Gasteiger partial charge in [0.1, 0.15) is 10.7 Å². The number of hydrogen-bond acceptors (Lipinski definition) is 5. The van der Waals surface area contributed by atoms with Crippen molar-refractivity contribution in [1.29, 1.82) is 0 Å². The standard InChI is InChI=1S/C10H9ClN4OS/c1-12-9-7(11)14-10(17-9)15-8(16)6-4-2-3-5-13-6/h2-5,12H,1H3,(H,14,15,16). The van der Waals surface area contributed by atoms with Crippen molar-refractivity contribution in [1.82, 2.24) is 9.97 Å². The molecule has 2 N–H and O–H groups in total. The van der Waals surface area contributed by atoms with Gasteiger partial charge >= 0.3 is 0 Å². The molecule has 0 spiro atoms. The van der Waals surface area contributed by atoms with E-state index in [0.717, 1.165) is 0 Å². The molecule has 88 valence electrons. The molecule has 2 rings (SSSR count). The van der Waals surface area contributed by atoms with E-state index >= 15 is 0 Å². The van der Waals surface area contributed by atoms with Crippen molar-refractivity contribution in [2.24, 2.45) is 0 Å². The second-order valence-corrected chi connectivity index (χ2v) is 4.42. The van der Waals surface area contributed by atoms with Crippen LogP contribution in [0.15, 0.2) is 24.4 Å². The van der Waals surface area contributed by atoms with Crippen LogP contribution in [0.5, 0.6) is 0 Å². The van der Waals surface area contributed by atoms with Gasteiger partial charge in [-0.15, -0.1) is 0 Å². The van der Waals surface area contributed by atoms with Gasteiger partial charge in [-0.2, -0.15) is 0 Å². The summed E-state index contributed by atoms with van der Waals surface area (Å²) < 4.78 is 0. The first-order valence-corrected chi connectivity index (χ1v) is 5.96. The molecule has 0 bridgehead atoms. The molecule has 7 heteroatoms. The van der Waals surface area contributed by atoms with E-state index in [1.54, 1.807) is 31.4 Å². The highest BCUT2D eigenvalue weighted by atomic mass is 35.5. The summed E-state index contributed by atoms with van der Waals surface area (Å²) in [5.41, 5.74) is 0.338. The van der Waals surface area contributed by atoms with E-state index in [4.69, 9.17) is 11.6 Å². The molecule has 0 saturated carbocycles. The number of anilines is 2. The van der Waals surface area contributed by atoms with E-state index in [1.165, 1.54) is 11.3 Å². The third-order valence-corrected chi connectivity index (χ3v) is 3.30. The van der Waals surface area contributed by atoms with Gasteiger partial charge in [0.2, 0.25) is 0 Å². The van der Waals surface area contributed by atoms with E-state index in [2.05, 4.69) is 20.6 Å². The average molecular weight is 269 g/mol. The molecular weight excluding hydrogens is 260 g/mol. The van der Waals surface area contributed by atoms with Crippen molar-refractivity contribution >= 4 is 39.0 Å². The lowest BCUT2D eigenvalue weighted by molar-refractivity contribution is 0.102. The second-order valence-electron chi connectivity index (χ2n) is 3.06. The Hall–Kier alpha value is -1.66. The predicted molar refractivity (Wildman–Crippen MR) is 68.9 cm³/mol. The number of nitrogens with zero attached hydrogens (tertiary/aromatic N) is 2. The molecule has 17 heavy (non-hydrogen) atoms. The molecule has 2 heterocycles. The van der Waals surface area contributed by atoms with Crippen LogP contribution in [0, 0.1) is 0 Å². The summed E-state index contributed by atoms with van der Waals surface area (Å²) in [7, 11) is 1.74. The minimum atomic E-state index is -0.307. The van der Waals surface area contributed by atoms with Crippen molar-refractivity contribution in [2.45, 2.75) is 0 Å². The fourth-order valence-electron chi connectivity index (χ4n) is 1.17. The summed E-state index contributed by atoms with van der Waals surface area (Å²) in [4.78, 5) is 19.7. The number of carbonyl (C=O) groups excluding carboxylic acids is 1. The van der Waals surface area contributed by atoms with Gasteiger partial charge in [0.05, 0.1) is 0 Å². The van der Waals surface area contributed by atoms with Crippen molar-refractivity contribution in [2.75, 3.05) is 17.7 Å². The summed E-state index contributed by atoms with van der Waals surface area (Å²) >= 11 is 7.11. The van der Waals surface area contributed by atoms with Gasteiger partial charge in [0.25, 0.3) is 5.91 Å². The first kappa shape index (κ1) is 11.8. The molecular formula is C10H9ClN4OS. The second kappa shape index (κ2) is 5.11. The lowest BCUT2D eigenvalue weighted by Gasteiger charge is -1.99. The lowest BCUT2D eigenvalue weighted by Crippen LogP contribution is -2.12. The third kappa shape index (κ3) is 2.72. The normalized spacial score (nSPS) is 10.0. The van der Waals surface area contributed by atoms with Crippen LogP contribution in [0.25, 0.3) is 0 Å². The molecule has 5 nitrogen and oxygen atoms in total. The average Bonchev–Trinajstić information content (AvgIpc) is 2.70. The Morgan fingerprint density at radius 1 is 1.47 bits per heavy atom. The summed E-state index contributed by atoms with van der Waals surface area (Å²) in [6.07, 6.45) is 1.56. The maximum Gasteiger partial charge on any atom is 0.276 e. The molecule has 0 aromatic carbocycles. The fourth-order valence-corrected chi connectivity index (χ4v) is 2.22. The van der Waals surface area contributed by atoms with Crippen LogP contribution in [0.4, 0.5) is 10.1 Å².